The summed E-state index contributed by atoms with van der Waals surface area (Å²) in [6.45, 7) is 4.13. The minimum Gasteiger partial charge on any atom is -0.325 e. The summed E-state index contributed by atoms with van der Waals surface area (Å²) in [6, 6.07) is 16.3. The molecule has 0 saturated heterocycles. The first kappa shape index (κ1) is 17.7. The monoisotopic (exact) mass is 347 g/mol. The molecule has 5 nitrogen and oxygen atoms in total. The molecule has 2 N–H and O–H groups in total. The van der Waals surface area contributed by atoms with E-state index in [2.05, 4.69) is 24.5 Å². The topological polar surface area (TPSA) is 82.0 Å². The van der Waals surface area contributed by atoms with Crippen molar-refractivity contribution < 1.29 is 9.59 Å². The smallest absolute Gasteiger partial charge is 0.240 e. The van der Waals surface area contributed by atoms with Crippen LogP contribution in [-0.4, -0.2) is 11.8 Å². The van der Waals surface area contributed by atoms with Crippen LogP contribution in [0.2, 0.25) is 0 Å². The molecule has 0 atom stereocenters. The predicted molar refractivity (Wildman–Crippen MR) is 101 cm³/mol. The van der Waals surface area contributed by atoms with E-state index in [-0.39, 0.29) is 17.7 Å². The molecule has 5 heteroatoms. The highest BCUT2D eigenvalue weighted by atomic mass is 16.2. The summed E-state index contributed by atoms with van der Waals surface area (Å²) in [4.78, 5) is 25.5. The second-order valence-electron chi connectivity index (χ2n) is 6.92. The van der Waals surface area contributed by atoms with Crippen LogP contribution in [0.25, 0.3) is 0 Å². The van der Waals surface area contributed by atoms with E-state index in [1.54, 1.807) is 24.3 Å². The Kier molecular flexibility index (Phi) is 4.77. The number of para-hydroxylation sites is 1. The van der Waals surface area contributed by atoms with E-state index in [4.69, 9.17) is 5.26 Å². The maximum atomic E-state index is 12.8. The summed E-state index contributed by atoms with van der Waals surface area (Å²) >= 11 is 0. The van der Waals surface area contributed by atoms with Crippen LogP contribution >= 0.6 is 0 Å². The van der Waals surface area contributed by atoms with E-state index in [1.165, 1.54) is 0 Å². The Labute approximate surface area is 153 Å². The van der Waals surface area contributed by atoms with Gasteiger partial charge in [-0.05, 0) is 54.7 Å². The van der Waals surface area contributed by atoms with Crippen molar-refractivity contribution in [3.63, 3.8) is 0 Å². The van der Waals surface area contributed by atoms with Crippen molar-refractivity contribution in [2.24, 2.45) is 5.41 Å². The standard InChI is InChI=1S/C21H21N3O2/c1-14(2)17-5-3-4-6-18(17)24-20(26)21(11-12-21)19(25)23-16-9-7-15(13-22)8-10-16/h3-10,14H,11-12H2,1-2H3,(H,23,25)(H,24,26). The fourth-order valence-corrected chi connectivity index (χ4v) is 2.92. The van der Waals surface area contributed by atoms with Crippen LogP contribution in [0.15, 0.2) is 48.5 Å². The minimum atomic E-state index is -1.02. The number of carbonyl (C=O) groups excluding carboxylic acids is 2. The number of hydrogen-bond donors (Lipinski definition) is 2. The third-order valence-electron chi connectivity index (χ3n) is 4.72. The maximum Gasteiger partial charge on any atom is 0.240 e. The molecule has 0 bridgehead atoms. The first-order chi connectivity index (χ1) is 12.5. The quantitative estimate of drug-likeness (QED) is 0.801. The average molecular weight is 347 g/mol. The number of rotatable bonds is 5. The largest absolute Gasteiger partial charge is 0.325 e. The molecule has 1 aliphatic carbocycles. The number of hydrogen-bond acceptors (Lipinski definition) is 3. The fourth-order valence-electron chi connectivity index (χ4n) is 2.92. The SMILES string of the molecule is CC(C)c1ccccc1NC(=O)C1(C(=O)Nc2ccc(C#N)cc2)CC1. The molecule has 1 aliphatic rings. The minimum absolute atomic E-state index is 0.267. The van der Waals surface area contributed by atoms with Gasteiger partial charge in [0.25, 0.3) is 0 Å². The highest BCUT2D eigenvalue weighted by molar-refractivity contribution is 6.17. The maximum absolute atomic E-state index is 12.8. The molecule has 2 amide bonds. The summed E-state index contributed by atoms with van der Waals surface area (Å²) in [5.41, 5.74) is 1.88. The van der Waals surface area contributed by atoms with Crippen LogP contribution in [0.1, 0.15) is 43.7 Å². The molecule has 0 aromatic heterocycles. The van der Waals surface area contributed by atoms with Gasteiger partial charge in [-0.25, -0.2) is 0 Å². The van der Waals surface area contributed by atoms with Crippen molar-refractivity contribution in [3.8, 4) is 6.07 Å². The van der Waals surface area contributed by atoms with E-state index in [1.807, 2.05) is 30.3 Å². The van der Waals surface area contributed by atoms with E-state index in [0.717, 1.165) is 11.3 Å². The molecule has 26 heavy (non-hydrogen) atoms. The number of amides is 2. The van der Waals surface area contributed by atoms with Crippen molar-refractivity contribution in [3.05, 3.63) is 59.7 Å². The summed E-state index contributed by atoms with van der Waals surface area (Å²) in [5.74, 6) is -0.299. The molecule has 3 rings (SSSR count). The number of carbonyl (C=O) groups is 2. The van der Waals surface area contributed by atoms with E-state index < -0.39 is 5.41 Å². The molecule has 132 valence electrons. The van der Waals surface area contributed by atoms with Gasteiger partial charge >= 0.3 is 0 Å². The Hall–Kier alpha value is -3.13. The first-order valence-electron chi connectivity index (χ1n) is 8.68. The molecule has 0 aliphatic heterocycles. The zero-order valence-corrected chi connectivity index (χ0v) is 14.9. The molecular formula is C21H21N3O2. The molecule has 1 fully saturated rings. The third kappa shape index (κ3) is 3.45. The molecule has 2 aromatic rings. The summed E-state index contributed by atoms with van der Waals surface area (Å²) in [6.07, 6.45) is 1.07. The number of nitrogens with one attached hydrogen (secondary N) is 2. The Morgan fingerprint density at radius 3 is 2.19 bits per heavy atom. The Morgan fingerprint density at radius 2 is 1.62 bits per heavy atom. The average Bonchev–Trinajstić information content (AvgIpc) is 3.45. The van der Waals surface area contributed by atoms with Gasteiger partial charge in [-0.15, -0.1) is 0 Å². The van der Waals surface area contributed by atoms with Crippen molar-refractivity contribution in [2.75, 3.05) is 10.6 Å². The van der Waals surface area contributed by atoms with Gasteiger partial charge in [0, 0.05) is 11.4 Å². The number of nitriles is 1. The zero-order valence-electron chi connectivity index (χ0n) is 14.9. The van der Waals surface area contributed by atoms with Crippen molar-refractivity contribution >= 4 is 23.2 Å². The van der Waals surface area contributed by atoms with Crippen molar-refractivity contribution in [1.82, 2.24) is 0 Å². The van der Waals surface area contributed by atoms with Gasteiger partial charge in [0.15, 0.2) is 0 Å². The van der Waals surface area contributed by atoms with Gasteiger partial charge in [0.1, 0.15) is 5.41 Å². The van der Waals surface area contributed by atoms with Crippen LogP contribution in [0.5, 0.6) is 0 Å². The Morgan fingerprint density at radius 1 is 1.00 bits per heavy atom. The molecule has 1 saturated carbocycles. The van der Waals surface area contributed by atoms with Crippen LogP contribution in [0.4, 0.5) is 11.4 Å². The lowest BCUT2D eigenvalue weighted by Gasteiger charge is -2.18. The second-order valence-corrected chi connectivity index (χ2v) is 6.92. The van der Waals surface area contributed by atoms with Gasteiger partial charge in [-0.3, -0.25) is 9.59 Å². The zero-order chi connectivity index (χ0) is 18.7. The Bertz CT molecular complexity index is 875. The van der Waals surface area contributed by atoms with Gasteiger partial charge in [-0.1, -0.05) is 32.0 Å². The van der Waals surface area contributed by atoms with Gasteiger partial charge in [0.2, 0.25) is 11.8 Å². The van der Waals surface area contributed by atoms with Gasteiger partial charge in [0.05, 0.1) is 11.6 Å². The molecule has 0 unspecified atom stereocenters. The lowest BCUT2D eigenvalue weighted by Crippen LogP contribution is -2.35. The fraction of sp³-hybridized carbons (Fsp3) is 0.286. The highest BCUT2D eigenvalue weighted by Crippen LogP contribution is 2.47. The predicted octanol–water partition coefficient (Wildman–Crippen LogP) is 4.04. The third-order valence-corrected chi connectivity index (χ3v) is 4.72. The molecule has 0 spiro atoms. The van der Waals surface area contributed by atoms with Crippen LogP contribution in [-0.2, 0) is 9.59 Å². The first-order valence-corrected chi connectivity index (χ1v) is 8.68. The second kappa shape index (κ2) is 7.01. The summed E-state index contributed by atoms with van der Waals surface area (Å²) in [5, 5.41) is 14.6. The van der Waals surface area contributed by atoms with Crippen molar-refractivity contribution in [1.29, 1.82) is 5.26 Å². The van der Waals surface area contributed by atoms with Gasteiger partial charge < -0.3 is 10.6 Å². The van der Waals surface area contributed by atoms with Crippen LogP contribution in [0.3, 0.4) is 0 Å². The van der Waals surface area contributed by atoms with E-state index in [9.17, 15) is 9.59 Å². The van der Waals surface area contributed by atoms with E-state index >= 15 is 0 Å². The molecule has 0 heterocycles. The van der Waals surface area contributed by atoms with Crippen LogP contribution in [0, 0.1) is 16.7 Å². The van der Waals surface area contributed by atoms with Crippen molar-refractivity contribution in [2.45, 2.75) is 32.6 Å². The normalized spacial score (nSPS) is 14.4. The van der Waals surface area contributed by atoms with Gasteiger partial charge in [-0.2, -0.15) is 5.26 Å². The number of benzene rings is 2. The molecular weight excluding hydrogens is 326 g/mol. The number of nitrogens with zero attached hydrogens (tertiary/aromatic N) is 1. The summed E-state index contributed by atoms with van der Waals surface area (Å²) in [7, 11) is 0. The van der Waals surface area contributed by atoms with E-state index in [0.29, 0.717) is 24.1 Å². The molecule has 2 aromatic carbocycles. The summed E-state index contributed by atoms with van der Waals surface area (Å²) < 4.78 is 0. The lowest BCUT2D eigenvalue weighted by molar-refractivity contribution is -0.131. The number of anilines is 2. The highest BCUT2D eigenvalue weighted by Gasteiger charge is 2.56. The lowest BCUT2D eigenvalue weighted by atomic mass is 9.99. The van der Waals surface area contributed by atoms with Crippen LogP contribution < -0.4 is 10.6 Å². The Balaban J connectivity index is 1.72. The molecule has 0 radical (unpaired) electrons.